The van der Waals surface area contributed by atoms with E-state index in [0.29, 0.717) is 47.1 Å². The fraction of sp³-hybridized carbons (Fsp3) is 0.222. The molecule has 2 aromatic carbocycles. The predicted octanol–water partition coefficient (Wildman–Crippen LogP) is 3.04. The fourth-order valence-electron chi connectivity index (χ4n) is 4.52. The number of hydrogen-bond acceptors (Lipinski definition) is 7. The third kappa shape index (κ3) is 4.99. The van der Waals surface area contributed by atoms with Crippen molar-refractivity contribution in [1.29, 1.82) is 0 Å². The third-order valence-corrected chi connectivity index (χ3v) is 6.48. The van der Waals surface area contributed by atoms with Crippen molar-refractivity contribution in [2.75, 3.05) is 29.1 Å². The van der Waals surface area contributed by atoms with E-state index < -0.39 is 6.04 Å². The highest BCUT2D eigenvalue weighted by Gasteiger charge is 2.39. The van der Waals surface area contributed by atoms with Crippen LogP contribution in [0.1, 0.15) is 28.8 Å². The summed E-state index contributed by atoms with van der Waals surface area (Å²) in [5.74, 6) is 0.267. The van der Waals surface area contributed by atoms with Crippen LogP contribution in [0, 0.1) is 0 Å². The number of amides is 3. The van der Waals surface area contributed by atoms with E-state index in [-0.39, 0.29) is 30.8 Å². The average molecular weight is 498 g/mol. The number of allylic oxidation sites excluding steroid dienone is 1. The molecule has 3 N–H and O–H groups in total. The predicted molar refractivity (Wildman–Crippen MR) is 140 cm³/mol. The first-order chi connectivity index (χ1) is 17.9. The molecule has 0 bridgehead atoms. The Hall–Kier alpha value is -4.73. The van der Waals surface area contributed by atoms with Gasteiger partial charge in [0.1, 0.15) is 11.9 Å². The van der Waals surface area contributed by atoms with Crippen LogP contribution in [0.15, 0.2) is 73.1 Å². The molecule has 1 aromatic heterocycles. The Morgan fingerprint density at radius 2 is 1.97 bits per heavy atom. The number of piperidine rings is 1. The molecule has 3 heterocycles. The minimum Gasteiger partial charge on any atom is -0.361 e. The van der Waals surface area contributed by atoms with E-state index in [1.165, 1.54) is 0 Å². The first-order valence-electron chi connectivity index (χ1n) is 12.0. The summed E-state index contributed by atoms with van der Waals surface area (Å²) < 4.78 is 0. The lowest BCUT2D eigenvalue weighted by molar-refractivity contribution is -0.126. The molecule has 1 atom stereocenters. The maximum Gasteiger partial charge on any atom is 0.255 e. The molecule has 2 aliphatic heterocycles. The summed E-state index contributed by atoms with van der Waals surface area (Å²) in [6.07, 6.45) is 2.77. The largest absolute Gasteiger partial charge is 0.361 e. The maximum absolute atomic E-state index is 13.0. The molecule has 188 valence electrons. The highest BCUT2D eigenvalue weighted by molar-refractivity contribution is 6.04. The first-order valence-corrected chi connectivity index (χ1v) is 12.0. The van der Waals surface area contributed by atoms with Crippen LogP contribution in [0.25, 0.3) is 0 Å². The van der Waals surface area contributed by atoms with E-state index in [4.69, 9.17) is 0 Å². The number of carbonyl (C=O) groups excluding carboxylic acids is 3. The van der Waals surface area contributed by atoms with Gasteiger partial charge in [0.25, 0.3) is 5.91 Å². The minimum absolute atomic E-state index is 0.0278. The molecule has 37 heavy (non-hydrogen) atoms. The molecule has 1 fully saturated rings. The molecule has 1 unspecified atom stereocenters. The Morgan fingerprint density at radius 1 is 1.16 bits per heavy atom. The van der Waals surface area contributed by atoms with Crippen LogP contribution in [0.2, 0.25) is 0 Å². The number of para-hydroxylation sites is 1. The summed E-state index contributed by atoms with van der Waals surface area (Å²) in [4.78, 5) is 50.5. The normalized spacial score (nSPS) is 16.7. The van der Waals surface area contributed by atoms with E-state index in [9.17, 15) is 14.4 Å². The monoisotopic (exact) mass is 497 g/mol. The van der Waals surface area contributed by atoms with Gasteiger partial charge in [0.15, 0.2) is 0 Å². The fourth-order valence-corrected chi connectivity index (χ4v) is 4.52. The van der Waals surface area contributed by atoms with Crippen LogP contribution in [-0.2, 0) is 16.1 Å². The second kappa shape index (κ2) is 10.1. The molecule has 0 aliphatic carbocycles. The van der Waals surface area contributed by atoms with E-state index in [0.717, 1.165) is 5.69 Å². The summed E-state index contributed by atoms with van der Waals surface area (Å²) in [6, 6.07) is 16.1. The van der Waals surface area contributed by atoms with E-state index >= 15 is 0 Å². The lowest BCUT2D eigenvalue weighted by Crippen LogP contribution is -2.49. The lowest BCUT2D eigenvalue weighted by Gasteiger charge is -2.31. The van der Waals surface area contributed by atoms with Crippen molar-refractivity contribution in [3.05, 3.63) is 84.2 Å². The minimum atomic E-state index is -0.559. The Labute approximate surface area is 214 Å². The van der Waals surface area contributed by atoms with Gasteiger partial charge in [-0.05, 0) is 43.2 Å². The summed E-state index contributed by atoms with van der Waals surface area (Å²) in [5, 5.41) is 8.65. The zero-order chi connectivity index (χ0) is 25.9. The van der Waals surface area contributed by atoms with Gasteiger partial charge in [0.2, 0.25) is 17.8 Å². The van der Waals surface area contributed by atoms with Crippen molar-refractivity contribution in [2.45, 2.75) is 25.4 Å². The Balaban J connectivity index is 1.23. The molecule has 0 radical (unpaired) electrons. The molecule has 1 saturated heterocycles. The van der Waals surface area contributed by atoms with E-state index in [1.54, 1.807) is 35.4 Å². The van der Waals surface area contributed by atoms with E-state index in [1.807, 2.05) is 42.3 Å². The van der Waals surface area contributed by atoms with Gasteiger partial charge in [-0.15, -0.1) is 0 Å². The van der Waals surface area contributed by atoms with Crippen LogP contribution in [-0.4, -0.2) is 52.2 Å². The zero-order valence-corrected chi connectivity index (χ0v) is 20.4. The van der Waals surface area contributed by atoms with Crippen LogP contribution in [0.5, 0.6) is 0 Å². The van der Waals surface area contributed by atoms with Crippen molar-refractivity contribution in [2.24, 2.45) is 0 Å². The third-order valence-electron chi connectivity index (χ3n) is 6.48. The standard InChI is InChI=1S/C27H27N7O3/c1-17-11-12-22(25(36)30-17)34-16-20-19(26(34)37)9-6-10-21(20)31-24(35)15-29-23-13-14-28-27(32-23)33(2)18-7-4-3-5-8-18/h3-10,13-14,22H,1,11-12,15-16H2,2H3,(H,30,36)(H,31,35)(H,28,29,32). The summed E-state index contributed by atoms with van der Waals surface area (Å²) in [6.45, 7) is 4.02. The molecule has 3 amide bonds. The van der Waals surface area contributed by atoms with Gasteiger partial charge in [-0.2, -0.15) is 4.98 Å². The van der Waals surface area contributed by atoms with Crippen molar-refractivity contribution in [3.63, 3.8) is 0 Å². The molecule has 5 rings (SSSR count). The number of rotatable bonds is 7. The number of anilines is 4. The highest BCUT2D eigenvalue weighted by Crippen LogP contribution is 2.32. The van der Waals surface area contributed by atoms with Crippen LogP contribution >= 0.6 is 0 Å². The molecule has 2 aliphatic rings. The Bertz CT molecular complexity index is 1380. The number of carbonyl (C=O) groups is 3. The van der Waals surface area contributed by atoms with Crippen molar-refractivity contribution in [3.8, 4) is 0 Å². The molecule has 3 aromatic rings. The number of nitrogens with one attached hydrogen (secondary N) is 3. The molecule has 0 spiro atoms. The molecular weight excluding hydrogens is 470 g/mol. The Morgan fingerprint density at radius 3 is 2.76 bits per heavy atom. The van der Waals surface area contributed by atoms with Crippen molar-refractivity contribution >= 4 is 40.9 Å². The lowest BCUT2D eigenvalue weighted by atomic mass is 10.0. The summed E-state index contributed by atoms with van der Waals surface area (Å²) in [5.41, 5.74) is 3.34. The second-order valence-electron chi connectivity index (χ2n) is 8.95. The quantitative estimate of drug-likeness (QED) is 0.459. The van der Waals surface area contributed by atoms with Gasteiger partial charge in [-0.3, -0.25) is 14.4 Å². The topological polar surface area (TPSA) is 120 Å². The number of hydrogen-bond donors (Lipinski definition) is 3. The molecule has 0 saturated carbocycles. The Kier molecular flexibility index (Phi) is 6.55. The maximum atomic E-state index is 13.0. The number of nitrogens with zero attached hydrogens (tertiary/aromatic N) is 4. The second-order valence-corrected chi connectivity index (χ2v) is 8.95. The van der Waals surface area contributed by atoms with Gasteiger partial charge in [0, 0.05) is 48.0 Å². The highest BCUT2D eigenvalue weighted by atomic mass is 16.2. The van der Waals surface area contributed by atoms with Crippen molar-refractivity contribution in [1.82, 2.24) is 20.2 Å². The molecule has 10 heteroatoms. The number of fused-ring (bicyclic) bond motifs is 1. The van der Waals surface area contributed by atoms with Gasteiger partial charge < -0.3 is 25.8 Å². The average Bonchev–Trinajstić information content (AvgIpc) is 3.25. The van der Waals surface area contributed by atoms with Crippen LogP contribution in [0.3, 0.4) is 0 Å². The zero-order valence-electron chi connectivity index (χ0n) is 20.4. The van der Waals surface area contributed by atoms with Crippen LogP contribution < -0.4 is 20.9 Å². The summed E-state index contributed by atoms with van der Waals surface area (Å²) >= 11 is 0. The van der Waals surface area contributed by atoms with Gasteiger partial charge in [-0.1, -0.05) is 30.8 Å². The number of benzene rings is 2. The first kappa shape index (κ1) is 24.0. The van der Waals surface area contributed by atoms with Crippen molar-refractivity contribution < 1.29 is 14.4 Å². The number of aromatic nitrogens is 2. The molecule has 10 nitrogen and oxygen atoms in total. The van der Waals surface area contributed by atoms with Gasteiger partial charge in [0.05, 0.1) is 6.54 Å². The SMILES string of the molecule is C=C1CCC(N2Cc3c(NC(=O)CNc4ccnc(N(C)c5ccccc5)n4)cccc3C2=O)C(=O)N1. The molecular formula is C27H27N7O3. The van der Waals surface area contributed by atoms with E-state index in [2.05, 4.69) is 32.5 Å². The van der Waals surface area contributed by atoms with Gasteiger partial charge in [-0.25, -0.2) is 4.98 Å². The van der Waals surface area contributed by atoms with Gasteiger partial charge >= 0.3 is 0 Å². The van der Waals surface area contributed by atoms with Crippen LogP contribution in [0.4, 0.5) is 23.1 Å². The smallest absolute Gasteiger partial charge is 0.255 e. The summed E-state index contributed by atoms with van der Waals surface area (Å²) in [7, 11) is 1.87.